The Bertz CT molecular complexity index is 644. The van der Waals surface area contributed by atoms with Crippen LogP contribution in [0.4, 0.5) is 0 Å². The average molecular weight is 367 g/mol. The summed E-state index contributed by atoms with van der Waals surface area (Å²) in [4.78, 5) is 4.69. The number of rotatable bonds is 6. The minimum atomic E-state index is 0.321. The molecule has 0 amide bonds. The van der Waals surface area contributed by atoms with Gasteiger partial charge >= 0.3 is 0 Å². The van der Waals surface area contributed by atoms with Crippen LogP contribution in [0.2, 0.25) is 0 Å². The average Bonchev–Trinajstić information content (AvgIpc) is 2.75. The summed E-state index contributed by atoms with van der Waals surface area (Å²) in [7, 11) is 0. The molecule has 0 aliphatic rings. The Kier molecular flexibility index (Phi) is 18.1. The largest absolute Gasteiger partial charge is 0.313 e. The molecule has 2 heteroatoms. The van der Waals surface area contributed by atoms with Gasteiger partial charge in [-0.05, 0) is 49.7 Å². The topological polar surface area (TPSA) is 36.7 Å². The highest BCUT2D eigenvalue weighted by Crippen LogP contribution is 2.26. The molecule has 1 unspecified atom stereocenters. The second-order valence-electron chi connectivity index (χ2n) is 5.15. The van der Waals surface area contributed by atoms with Crippen LogP contribution in [0.5, 0.6) is 0 Å². The fourth-order valence-corrected chi connectivity index (χ4v) is 2.31. The lowest BCUT2D eigenvalue weighted by molar-refractivity contribution is 0.868. The summed E-state index contributed by atoms with van der Waals surface area (Å²) in [5.74, 6) is 0.321. The van der Waals surface area contributed by atoms with Gasteiger partial charge in [0.25, 0.3) is 0 Å². The lowest BCUT2D eigenvalue weighted by atomic mass is 9.94. The first-order valence-electron chi connectivity index (χ1n) is 9.94. The van der Waals surface area contributed by atoms with E-state index in [1.54, 1.807) is 6.92 Å². The molecule has 1 aromatic carbocycles. The molecular formula is C25H38N2. The van der Waals surface area contributed by atoms with E-state index in [0.29, 0.717) is 5.92 Å². The lowest BCUT2D eigenvalue weighted by Crippen LogP contribution is -1.95. The van der Waals surface area contributed by atoms with Gasteiger partial charge in [-0.25, -0.2) is 0 Å². The SMILES string of the molecule is C=CCC(C=C)c1cccc(-c2cccc(CC)n2)c1.CC.CC.CC=N. The Morgan fingerprint density at radius 2 is 1.63 bits per heavy atom. The van der Waals surface area contributed by atoms with Crippen molar-refractivity contribution in [1.29, 1.82) is 5.41 Å². The maximum atomic E-state index is 6.08. The second-order valence-corrected chi connectivity index (χ2v) is 5.15. The third kappa shape index (κ3) is 10.3. The summed E-state index contributed by atoms with van der Waals surface area (Å²) in [6, 6.07) is 14.7. The molecule has 0 saturated heterocycles. The van der Waals surface area contributed by atoms with Crippen LogP contribution >= 0.6 is 0 Å². The molecule has 1 aromatic heterocycles. The third-order valence-electron chi connectivity index (χ3n) is 3.48. The van der Waals surface area contributed by atoms with E-state index in [1.165, 1.54) is 11.8 Å². The first-order valence-corrected chi connectivity index (χ1v) is 9.94. The number of hydrogen-bond acceptors (Lipinski definition) is 2. The highest BCUT2D eigenvalue weighted by molar-refractivity contribution is 5.60. The van der Waals surface area contributed by atoms with Crippen molar-refractivity contribution >= 4 is 6.21 Å². The number of aromatic nitrogens is 1. The normalized spacial score (nSPS) is 9.70. The van der Waals surface area contributed by atoms with E-state index < -0.39 is 0 Å². The molecule has 1 heterocycles. The van der Waals surface area contributed by atoms with E-state index in [1.807, 2.05) is 39.8 Å². The maximum absolute atomic E-state index is 6.08. The van der Waals surface area contributed by atoms with E-state index in [0.717, 1.165) is 29.8 Å². The zero-order valence-electron chi connectivity index (χ0n) is 18.1. The minimum absolute atomic E-state index is 0.321. The van der Waals surface area contributed by atoms with E-state index in [9.17, 15) is 0 Å². The third-order valence-corrected chi connectivity index (χ3v) is 3.48. The van der Waals surface area contributed by atoms with Crippen LogP contribution in [0.3, 0.4) is 0 Å². The monoisotopic (exact) mass is 366 g/mol. The van der Waals surface area contributed by atoms with Crippen LogP contribution in [0, 0.1) is 5.41 Å². The maximum Gasteiger partial charge on any atom is 0.0705 e. The van der Waals surface area contributed by atoms with Gasteiger partial charge in [0.15, 0.2) is 0 Å². The molecule has 0 spiro atoms. The van der Waals surface area contributed by atoms with Gasteiger partial charge in [0, 0.05) is 17.2 Å². The van der Waals surface area contributed by atoms with Crippen LogP contribution in [0.25, 0.3) is 11.3 Å². The zero-order chi connectivity index (χ0) is 21.1. The van der Waals surface area contributed by atoms with Gasteiger partial charge in [-0.3, -0.25) is 4.98 Å². The summed E-state index contributed by atoms with van der Waals surface area (Å²) in [5.41, 5.74) is 4.58. The molecule has 0 radical (unpaired) electrons. The molecule has 2 nitrogen and oxygen atoms in total. The van der Waals surface area contributed by atoms with Crippen LogP contribution in [-0.4, -0.2) is 11.2 Å². The smallest absolute Gasteiger partial charge is 0.0705 e. The number of nitrogens with one attached hydrogen (secondary N) is 1. The molecule has 1 N–H and O–H groups in total. The summed E-state index contributed by atoms with van der Waals surface area (Å²) in [6.45, 7) is 19.5. The van der Waals surface area contributed by atoms with E-state index in [4.69, 9.17) is 5.41 Å². The molecule has 0 aliphatic carbocycles. The summed E-state index contributed by atoms with van der Waals surface area (Å²) >= 11 is 0. The summed E-state index contributed by atoms with van der Waals surface area (Å²) < 4.78 is 0. The van der Waals surface area contributed by atoms with Gasteiger partial charge < -0.3 is 5.41 Å². The van der Waals surface area contributed by atoms with E-state index >= 15 is 0 Å². The highest BCUT2D eigenvalue weighted by atomic mass is 14.7. The van der Waals surface area contributed by atoms with Crippen molar-refractivity contribution in [3.05, 3.63) is 79.0 Å². The number of aryl methyl sites for hydroxylation is 1. The van der Waals surface area contributed by atoms with Crippen molar-refractivity contribution in [1.82, 2.24) is 4.98 Å². The molecule has 2 aromatic rings. The Morgan fingerprint density at radius 3 is 2.15 bits per heavy atom. The van der Waals surface area contributed by atoms with Crippen molar-refractivity contribution in [2.24, 2.45) is 0 Å². The first-order chi connectivity index (χ1) is 13.2. The number of hydrogen-bond donors (Lipinski definition) is 1. The van der Waals surface area contributed by atoms with Crippen LogP contribution in [0.1, 0.15) is 65.1 Å². The lowest BCUT2D eigenvalue weighted by Gasteiger charge is -2.12. The molecular weight excluding hydrogens is 328 g/mol. The van der Waals surface area contributed by atoms with Crippen molar-refractivity contribution in [3.63, 3.8) is 0 Å². The molecule has 1 atom stereocenters. The number of nitrogens with zero attached hydrogens (tertiary/aromatic N) is 1. The summed E-state index contributed by atoms with van der Waals surface area (Å²) in [6.07, 6.45) is 7.04. The predicted molar refractivity (Wildman–Crippen MR) is 124 cm³/mol. The summed E-state index contributed by atoms with van der Waals surface area (Å²) in [5, 5.41) is 6.08. The van der Waals surface area contributed by atoms with Crippen molar-refractivity contribution in [2.45, 2.75) is 60.3 Å². The Labute approximate surface area is 167 Å². The fraction of sp³-hybridized carbons (Fsp3) is 0.360. The van der Waals surface area contributed by atoms with E-state index in [-0.39, 0.29) is 0 Å². The molecule has 0 bridgehead atoms. The molecule has 0 saturated carbocycles. The standard InChI is InChI=1S/C19H21N.C2H5N.2C2H6/c1-4-9-15(5-2)16-10-7-11-17(14-16)19-13-8-12-18(6-3)20-19;1-2-3;2*1-2/h4-5,7-8,10-15H,1-2,6,9H2,3H3;2-3H,1H3;2*1-2H3. The highest BCUT2D eigenvalue weighted by Gasteiger charge is 2.08. The van der Waals surface area contributed by atoms with Gasteiger partial charge in [-0.1, -0.05) is 71.0 Å². The van der Waals surface area contributed by atoms with Gasteiger partial charge in [0.05, 0.1) is 5.69 Å². The quantitative estimate of drug-likeness (QED) is 0.410. The minimum Gasteiger partial charge on any atom is -0.313 e. The number of pyridine rings is 1. The van der Waals surface area contributed by atoms with Gasteiger partial charge in [-0.2, -0.15) is 0 Å². The van der Waals surface area contributed by atoms with Crippen molar-refractivity contribution in [3.8, 4) is 11.3 Å². The van der Waals surface area contributed by atoms with Crippen LogP contribution < -0.4 is 0 Å². The second kappa shape index (κ2) is 18.3. The first kappa shape index (κ1) is 26.7. The van der Waals surface area contributed by atoms with E-state index in [2.05, 4.69) is 67.5 Å². The van der Waals surface area contributed by atoms with Crippen molar-refractivity contribution in [2.75, 3.05) is 0 Å². The molecule has 27 heavy (non-hydrogen) atoms. The molecule has 2 rings (SSSR count). The molecule has 148 valence electrons. The van der Waals surface area contributed by atoms with Crippen LogP contribution in [0.15, 0.2) is 67.8 Å². The van der Waals surface area contributed by atoms with Gasteiger partial charge in [0.2, 0.25) is 0 Å². The van der Waals surface area contributed by atoms with Crippen molar-refractivity contribution < 1.29 is 0 Å². The Hall–Kier alpha value is -2.48. The van der Waals surface area contributed by atoms with Crippen LogP contribution in [-0.2, 0) is 6.42 Å². The number of allylic oxidation sites excluding steroid dienone is 2. The fourth-order valence-electron chi connectivity index (χ4n) is 2.31. The Morgan fingerprint density at radius 1 is 1.04 bits per heavy atom. The number of benzene rings is 1. The van der Waals surface area contributed by atoms with Gasteiger partial charge in [0.1, 0.15) is 0 Å². The van der Waals surface area contributed by atoms with Gasteiger partial charge in [-0.15, -0.1) is 13.2 Å². The predicted octanol–water partition coefficient (Wildman–Crippen LogP) is 7.86. The molecule has 0 fully saturated rings. The zero-order valence-corrected chi connectivity index (χ0v) is 18.1. The molecule has 0 aliphatic heterocycles. The Balaban J connectivity index is 0.